The van der Waals surface area contributed by atoms with Crippen molar-refractivity contribution in [2.75, 3.05) is 7.11 Å². The SMILES string of the molecule is COC(=O)[C@H]1C[C@H]2CC[C@@H](N2)[C@H]1c1ccccc1. The van der Waals surface area contributed by atoms with E-state index in [1.165, 1.54) is 19.1 Å². The van der Waals surface area contributed by atoms with Crippen molar-refractivity contribution in [3.05, 3.63) is 35.9 Å². The van der Waals surface area contributed by atoms with Crippen LogP contribution >= 0.6 is 0 Å². The number of carbonyl (C=O) groups is 1. The summed E-state index contributed by atoms with van der Waals surface area (Å²) in [5.74, 6) is 0.218. The van der Waals surface area contributed by atoms with Crippen LogP contribution in [0.4, 0.5) is 0 Å². The molecule has 2 saturated heterocycles. The van der Waals surface area contributed by atoms with Gasteiger partial charge in [-0.2, -0.15) is 0 Å². The van der Waals surface area contributed by atoms with Crippen LogP contribution in [0.2, 0.25) is 0 Å². The molecule has 2 aliphatic rings. The monoisotopic (exact) mass is 245 g/mol. The molecule has 4 atom stereocenters. The zero-order chi connectivity index (χ0) is 12.5. The van der Waals surface area contributed by atoms with Gasteiger partial charge in [-0.25, -0.2) is 0 Å². The Morgan fingerprint density at radius 3 is 2.78 bits per heavy atom. The molecule has 1 aromatic carbocycles. The summed E-state index contributed by atoms with van der Waals surface area (Å²) in [5.41, 5.74) is 1.26. The maximum absolute atomic E-state index is 12.0. The number of ether oxygens (including phenoxy) is 1. The fourth-order valence-electron chi connectivity index (χ4n) is 3.59. The summed E-state index contributed by atoms with van der Waals surface area (Å²) < 4.78 is 5.00. The number of hydrogen-bond acceptors (Lipinski definition) is 3. The van der Waals surface area contributed by atoms with E-state index in [2.05, 4.69) is 17.4 Å². The van der Waals surface area contributed by atoms with E-state index in [9.17, 15) is 4.79 Å². The van der Waals surface area contributed by atoms with Gasteiger partial charge in [0, 0.05) is 18.0 Å². The van der Waals surface area contributed by atoms with Crippen molar-refractivity contribution in [3.8, 4) is 0 Å². The minimum atomic E-state index is -0.0535. The van der Waals surface area contributed by atoms with Crippen LogP contribution in [-0.4, -0.2) is 25.2 Å². The lowest BCUT2D eigenvalue weighted by atomic mass is 9.77. The molecule has 0 unspecified atom stereocenters. The topological polar surface area (TPSA) is 38.3 Å². The molecular formula is C15H19NO2. The number of methoxy groups -OCH3 is 1. The van der Waals surface area contributed by atoms with Gasteiger partial charge in [0.25, 0.3) is 0 Å². The van der Waals surface area contributed by atoms with E-state index in [4.69, 9.17) is 4.74 Å². The van der Waals surface area contributed by atoms with E-state index < -0.39 is 0 Å². The van der Waals surface area contributed by atoms with Gasteiger partial charge >= 0.3 is 5.97 Å². The van der Waals surface area contributed by atoms with Crippen molar-refractivity contribution in [2.24, 2.45) is 5.92 Å². The number of piperidine rings is 1. The summed E-state index contributed by atoms with van der Waals surface area (Å²) in [6.45, 7) is 0. The zero-order valence-corrected chi connectivity index (χ0v) is 10.6. The predicted molar refractivity (Wildman–Crippen MR) is 69.3 cm³/mol. The second-order valence-electron chi connectivity index (χ2n) is 5.35. The van der Waals surface area contributed by atoms with Crippen LogP contribution in [0.15, 0.2) is 30.3 Å². The summed E-state index contributed by atoms with van der Waals surface area (Å²) in [6.07, 6.45) is 3.25. The molecule has 1 N–H and O–H groups in total. The fourth-order valence-corrected chi connectivity index (χ4v) is 3.59. The quantitative estimate of drug-likeness (QED) is 0.811. The van der Waals surface area contributed by atoms with E-state index in [1.54, 1.807) is 0 Å². The highest BCUT2D eigenvalue weighted by Gasteiger charge is 2.45. The van der Waals surface area contributed by atoms with Crippen molar-refractivity contribution in [1.82, 2.24) is 5.32 Å². The summed E-state index contributed by atoms with van der Waals surface area (Å²) in [6, 6.07) is 11.3. The molecule has 0 amide bonds. The summed E-state index contributed by atoms with van der Waals surface area (Å²) in [5, 5.41) is 3.64. The van der Waals surface area contributed by atoms with Gasteiger partial charge in [-0.3, -0.25) is 4.79 Å². The Hall–Kier alpha value is -1.35. The van der Waals surface area contributed by atoms with Crippen LogP contribution in [0, 0.1) is 5.92 Å². The molecule has 2 aliphatic heterocycles. The number of esters is 1. The number of benzene rings is 1. The van der Waals surface area contributed by atoms with E-state index in [0.29, 0.717) is 12.1 Å². The molecule has 2 fully saturated rings. The average Bonchev–Trinajstić information content (AvgIpc) is 2.80. The Morgan fingerprint density at radius 2 is 2.06 bits per heavy atom. The third-order valence-electron chi connectivity index (χ3n) is 4.37. The molecule has 1 aromatic rings. The molecule has 0 aromatic heterocycles. The van der Waals surface area contributed by atoms with Gasteiger partial charge < -0.3 is 10.1 Å². The van der Waals surface area contributed by atoms with Gasteiger partial charge in [0.2, 0.25) is 0 Å². The largest absolute Gasteiger partial charge is 0.469 e. The second-order valence-corrected chi connectivity index (χ2v) is 5.35. The first-order valence-corrected chi connectivity index (χ1v) is 6.68. The molecule has 3 nitrogen and oxygen atoms in total. The fraction of sp³-hybridized carbons (Fsp3) is 0.533. The molecule has 0 aliphatic carbocycles. The highest BCUT2D eigenvalue weighted by Crippen LogP contribution is 2.42. The Kier molecular flexibility index (Phi) is 3.08. The molecule has 0 saturated carbocycles. The predicted octanol–water partition coefficient (Wildman–Crippen LogP) is 2.08. The first-order chi connectivity index (χ1) is 8.79. The highest BCUT2D eigenvalue weighted by atomic mass is 16.5. The van der Waals surface area contributed by atoms with Crippen LogP contribution in [0.5, 0.6) is 0 Å². The second kappa shape index (κ2) is 4.73. The van der Waals surface area contributed by atoms with Crippen molar-refractivity contribution < 1.29 is 9.53 Å². The van der Waals surface area contributed by atoms with Crippen molar-refractivity contribution in [1.29, 1.82) is 0 Å². The van der Waals surface area contributed by atoms with Gasteiger partial charge in [-0.15, -0.1) is 0 Å². The van der Waals surface area contributed by atoms with Crippen LogP contribution in [0.3, 0.4) is 0 Å². The van der Waals surface area contributed by atoms with Crippen LogP contribution in [0.25, 0.3) is 0 Å². The molecule has 3 heteroatoms. The lowest BCUT2D eigenvalue weighted by molar-refractivity contribution is -0.147. The normalized spacial score (nSPS) is 34.3. The van der Waals surface area contributed by atoms with E-state index in [1.807, 2.05) is 18.2 Å². The molecule has 3 rings (SSSR count). The molecule has 96 valence electrons. The molecule has 0 spiro atoms. The van der Waals surface area contributed by atoms with Gasteiger partial charge in [0.1, 0.15) is 0 Å². The average molecular weight is 245 g/mol. The number of carbonyl (C=O) groups excluding carboxylic acids is 1. The Morgan fingerprint density at radius 1 is 1.28 bits per heavy atom. The maximum atomic E-state index is 12.0. The van der Waals surface area contributed by atoms with Gasteiger partial charge in [-0.05, 0) is 24.8 Å². The number of fused-ring (bicyclic) bond motifs is 2. The van der Waals surface area contributed by atoms with E-state index in [-0.39, 0.29) is 17.8 Å². The summed E-state index contributed by atoms with van der Waals surface area (Å²) >= 11 is 0. The maximum Gasteiger partial charge on any atom is 0.309 e. The smallest absolute Gasteiger partial charge is 0.309 e. The lowest BCUT2D eigenvalue weighted by Crippen LogP contribution is -2.46. The number of rotatable bonds is 2. The summed E-state index contributed by atoms with van der Waals surface area (Å²) in [4.78, 5) is 12.0. The molecule has 18 heavy (non-hydrogen) atoms. The third-order valence-corrected chi connectivity index (χ3v) is 4.37. The first kappa shape index (κ1) is 11.7. The minimum absolute atomic E-state index is 0.0103. The van der Waals surface area contributed by atoms with Crippen molar-refractivity contribution in [3.63, 3.8) is 0 Å². The van der Waals surface area contributed by atoms with E-state index >= 15 is 0 Å². The van der Waals surface area contributed by atoms with Gasteiger partial charge in [0.05, 0.1) is 13.0 Å². The van der Waals surface area contributed by atoms with E-state index in [0.717, 1.165) is 12.8 Å². The Bertz CT molecular complexity index is 431. The standard InChI is InChI=1S/C15H19NO2/c1-18-15(17)12-9-11-7-8-13(16-11)14(12)10-5-3-2-4-6-10/h2-6,11-14,16H,7-9H2,1H3/t11-,12+,13-,14+/m1/s1. The molecule has 2 bridgehead atoms. The Labute approximate surface area is 108 Å². The number of nitrogens with one attached hydrogen (secondary N) is 1. The molecular weight excluding hydrogens is 226 g/mol. The minimum Gasteiger partial charge on any atom is -0.469 e. The van der Waals surface area contributed by atoms with Crippen molar-refractivity contribution >= 4 is 5.97 Å². The third kappa shape index (κ3) is 1.93. The molecule has 0 radical (unpaired) electrons. The molecule has 2 heterocycles. The lowest BCUT2D eigenvalue weighted by Gasteiger charge is -2.36. The van der Waals surface area contributed by atoms with Gasteiger partial charge in [-0.1, -0.05) is 30.3 Å². The number of hydrogen-bond donors (Lipinski definition) is 1. The highest BCUT2D eigenvalue weighted by molar-refractivity contribution is 5.74. The van der Waals surface area contributed by atoms with Crippen LogP contribution < -0.4 is 5.32 Å². The van der Waals surface area contributed by atoms with Gasteiger partial charge in [0.15, 0.2) is 0 Å². The van der Waals surface area contributed by atoms with Crippen LogP contribution in [0.1, 0.15) is 30.7 Å². The zero-order valence-electron chi connectivity index (χ0n) is 10.6. The Balaban J connectivity index is 1.94. The first-order valence-electron chi connectivity index (χ1n) is 6.68. The summed E-state index contributed by atoms with van der Waals surface area (Å²) in [7, 11) is 1.49. The van der Waals surface area contributed by atoms with Crippen LogP contribution in [-0.2, 0) is 9.53 Å². The van der Waals surface area contributed by atoms with Crippen molar-refractivity contribution in [2.45, 2.75) is 37.3 Å².